The average molecular weight is 362 g/mol. The summed E-state index contributed by atoms with van der Waals surface area (Å²) >= 11 is 6.10. The van der Waals surface area contributed by atoms with Gasteiger partial charge in [-0.2, -0.15) is 0 Å². The molecular weight excluding hydrogens is 338 g/mol. The molecule has 1 aromatic carbocycles. The first-order valence-electron chi connectivity index (χ1n) is 8.17. The van der Waals surface area contributed by atoms with Crippen LogP contribution in [0.25, 0.3) is 0 Å². The Morgan fingerprint density at radius 2 is 2.00 bits per heavy atom. The molecule has 25 heavy (non-hydrogen) atoms. The molecule has 0 radical (unpaired) electrons. The maximum atomic E-state index is 12.5. The van der Waals surface area contributed by atoms with Gasteiger partial charge in [0, 0.05) is 22.9 Å². The fourth-order valence-electron chi connectivity index (χ4n) is 2.29. The number of carbonyl (C=O) groups excluding carboxylic acids is 1. The Kier molecular flexibility index (Phi) is 6.73. The number of hydrogen-bond donors (Lipinski definition) is 2. The van der Waals surface area contributed by atoms with E-state index in [9.17, 15) is 4.79 Å². The van der Waals surface area contributed by atoms with E-state index in [1.54, 1.807) is 18.2 Å². The van der Waals surface area contributed by atoms with Crippen molar-refractivity contribution in [3.63, 3.8) is 0 Å². The van der Waals surface area contributed by atoms with Gasteiger partial charge in [0.15, 0.2) is 0 Å². The lowest BCUT2D eigenvalue weighted by Gasteiger charge is -2.12. The number of rotatable bonds is 7. The second-order valence-electron chi connectivity index (χ2n) is 6.17. The number of aryl methyl sites for hydroxylation is 1. The van der Waals surface area contributed by atoms with Gasteiger partial charge in [-0.25, -0.2) is 9.97 Å². The van der Waals surface area contributed by atoms with Crippen molar-refractivity contribution in [1.82, 2.24) is 14.9 Å². The van der Waals surface area contributed by atoms with E-state index in [4.69, 9.17) is 11.6 Å². The molecule has 0 aliphatic carbocycles. The predicted molar refractivity (Wildman–Crippen MR) is 103 cm³/mol. The van der Waals surface area contributed by atoms with Crippen LogP contribution in [0.5, 0.6) is 0 Å². The summed E-state index contributed by atoms with van der Waals surface area (Å²) in [7, 11) is 4.06. The summed E-state index contributed by atoms with van der Waals surface area (Å²) in [6.45, 7) is 5.42. The topological polar surface area (TPSA) is 70.2 Å². The van der Waals surface area contributed by atoms with E-state index in [0.29, 0.717) is 22.4 Å². The van der Waals surface area contributed by atoms with Gasteiger partial charge in [-0.15, -0.1) is 0 Å². The summed E-state index contributed by atoms with van der Waals surface area (Å²) in [5.41, 5.74) is 2.56. The molecule has 0 atom stereocenters. The van der Waals surface area contributed by atoms with E-state index >= 15 is 0 Å². The molecular formula is C18H24ClN5O. The Morgan fingerprint density at radius 1 is 1.24 bits per heavy atom. The van der Waals surface area contributed by atoms with Crippen molar-refractivity contribution in [2.75, 3.05) is 37.8 Å². The normalized spacial score (nSPS) is 10.8. The molecule has 1 aromatic heterocycles. The average Bonchev–Trinajstić information content (AvgIpc) is 2.55. The van der Waals surface area contributed by atoms with Crippen LogP contribution in [0.4, 0.5) is 11.6 Å². The van der Waals surface area contributed by atoms with Gasteiger partial charge < -0.3 is 15.5 Å². The van der Waals surface area contributed by atoms with Crippen LogP contribution in [0.15, 0.2) is 24.3 Å². The highest BCUT2D eigenvalue weighted by molar-refractivity contribution is 6.31. The Bertz CT molecular complexity index is 748. The van der Waals surface area contributed by atoms with Crippen LogP contribution in [0, 0.1) is 13.8 Å². The van der Waals surface area contributed by atoms with Crippen LogP contribution in [0.1, 0.15) is 28.2 Å². The van der Waals surface area contributed by atoms with Gasteiger partial charge in [-0.1, -0.05) is 17.7 Å². The Balaban J connectivity index is 2.07. The van der Waals surface area contributed by atoms with Gasteiger partial charge in [0.05, 0.1) is 0 Å². The zero-order valence-corrected chi connectivity index (χ0v) is 15.8. The smallest absolute Gasteiger partial charge is 0.274 e. The number of halogens is 1. The number of benzene rings is 1. The highest BCUT2D eigenvalue weighted by Gasteiger charge is 2.13. The van der Waals surface area contributed by atoms with Crippen LogP contribution in [0.2, 0.25) is 5.02 Å². The Morgan fingerprint density at radius 3 is 2.72 bits per heavy atom. The second-order valence-corrected chi connectivity index (χ2v) is 6.58. The number of amides is 1. The standard InChI is InChI=1S/C18H24ClN5O/c1-12-11-16(23-18(21-12)20-9-6-10-24(3)4)17(25)22-15-8-5-7-14(19)13(15)2/h5,7-8,11H,6,9-10H2,1-4H3,(H,22,25)(H,20,21,23). The number of nitrogens with zero attached hydrogens (tertiary/aromatic N) is 3. The second kappa shape index (κ2) is 8.78. The molecule has 0 spiro atoms. The van der Waals surface area contributed by atoms with Crippen molar-refractivity contribution < 1.29 is 4.79 Å². The highest BCUT2D eigenvalue weighted by atomic mass is 35.5. The van der Waals surface area contributed by atoms with E-state index in [2.05, 4.69) is 25.5 Å². The van der Waals surface area contributed by atoms with Crippen LogP contribution in [0.3, 0.4) is 0 Å². The van der Waals surface area contributed by atoms with Gasteiger partial charge >= 0.3 is 0 Å². The quantitative estimate of drug-likeness (QED) is 0.740. The molecule has 0 saturated carbocycles. The molecule has 0 saturated heterocycles. The van der Waals surface area contributed by atoms with E-state index in [1.165, 1.54) is 0 Å². The largest absolute Gasteiger partial charge is 0.354 e. The van der Waals surface area contributed by atoms with Crippen molar-refractivity contribution in [2.45, 2.75) is 20.3 Å². The SMILES string of the molecule is Cc1cc(C(=O)Nc2cccc(Cl)c2C)nc(NCCCN(C)C)n1. The molecule has 1 heterocycles. The van der Waals surface area contributed by atoms with E-state index in [-0.39, 0.29) is 5.91 Å². The number of anilines is 2. The van der Waals surface area contributed by atoms with E-state index in [0.717, 1.165) is 30.8 Å². The fourth-order valence-corrected chi connectivity index (χ4v) is 2.46. The van der Waals surface area contributed by atoms with Crippen molar-refractivity contribution in [2.24, 2.45) is 0 Å². The molecule has 0 bridgehead atoms. The first-order valence-corrected chi connectivity index (χ1v) is 8.55. The summed E-state index contributed by atoms with van der Waals surface area (Å²) in [4.78, 5) is 23.3. The molecule has 0 fully saturated rings. The molecule has 0 aliphatic heterocycles. The molecule has 1 amide bonds. The van der Waals surface area contributed by atoms with Gasteiger partial charge in [0.1, 0.15) is 5.69 Å². The minimum atomic E-state index is -0.285. The molecule has 0 unspecified atom stereocenters. The molecule has 2 aromatic rings. The van der Waals surface area contributed by atoms with Crippen molar-refractivity contribution in [3.05, 3.63) is 46.2 Å². The third-order valence-electron chi connectivity index (χ3n) is 3.67. The molecule has 0 aliphatic rings. The van der Waals surface area contributed by atoms with E-state index in [1.807, 2.05) is 34.0 Å². The van der Waals surface area contributed by atoms with E-state index < -0.39 is 0 Å². The first kappa shape index (κ1) is 19.1. The summed E-state index contributed by atoms with van der Waals surface area (Å²) in [6.07, 6.45) is 0.966. The lowest BCUT2D eigenvalue weighted by molar-refractivity contribution is 0.102. The maximum Gasteiger partial charge on any atom is 0.274 e. The predicted octanol–water partition coefficient (Wildman–Crippen LogP) is 3.36. The minimum absolute atomic E-state index is 0.285. The van der Waals surface area contributed by atoms with Gasteiger partial charge in [0.25, 0.3) is 5.91 Å². The zero-order valence-electron chi connectivity index (χ0n) is 15.1. The van der Waals surface area contributed by atoms with Crippen LogP contribution in [-0.4, -0.2) is 48.0 Å². The van der Waals surface area contributed by atoms with Crippen molar-refractivity contribution >= 4 is 29.1 Å². The molecule has 7 heteroatoms. The third-order valence-corrected chi connectivity index (χ3v) is 4.08. The summed E-state index contributed by atoms with van der Waals surface area (Å²) in [5, 5.41) is 6.64. The Labute approximate surface area is 153 Å². The van der Waals surface area contributed by atoms with Gasteiger partial charge in [0.2, 0.25) is 5.95 Å². The maximum absolute atomic E-state index is 12.5. The lowest BCUT2D eigenvalue weighted by Crippen LogP contribution is -2.19. The number of nitrogens with one attached hydrogen (secondary N) is 2. The monoisotopic (exact) mass is 361 g/mol. The first-order chi connectivity index (χ1) is 11.9. The highest BCUT2D eigenvalue weighted by Crippen LogP contribution is 2.23. The Hall–Kier alpha value is -2.18. The number of hydrogen-bond acceptors (Lipinski definition) is 5. The van der Waals surface area contributed by atoms with Crippen LogP contribution >= 0.6 is 11.6 Å². The van der Waals surface area contributed by atoms with Gasteiger partial charge in [-0.3, -0.25) is 4.79 Å². The molecule has 2 rings (SSSR count). The fraction of sp³-hybridized carbons (Fsp3) is 0.389. The van der Waals surface area contributed by atoms with Gasteiger partial charge in [-0.05, 0) is 64.7 Å². The zero-order chi connectivity index (χ0) is 18.4. The molecule has 2 N–H and O–H groups in total. The van der Waals surface area contributed by atoms with Crippen LogP contribution < -0.4 is 10.6 Å². The summed E-state index contributed by atoms with van der Waals surface area (Å²) in [5.74, 6) is 0.180. The lowest BCUT2D eigenvalue weighted by atomic mass is 10.2. The summed E-state index contributed by atoms with van der Waals surface area (Å²) in [6, 6.07) is 7.07. The third kappa shape index (κ3) is 5.69. The number of carbonyl (C=O) groups is 1. The number of aromatic nitrogens is 2. The van der Waals surface area contributed by atoms with Crippen LogP contribution in [-0.2, 0) is 0 Å². The molecule has 6 nitrogen and oxygen atoms in total. The summed E-state index contributed by atoms with van der Waals surface area (Å²) < 4.78 is 0. The minimum Gasteiger partial charge on any atom is -0.354 e. The van der Waals surface area contributed by atoms with Crippen molar-refractivity contribution in [3.8, 4) is 0 Å². The van der Waals surface area contributed by atoms with Crippen molar-refractivity contribution in [1.29, 1.82) is 0 Å². The molecule has 134 valence electrons.